The van der Waals surface area contributed by atoms with Crippen molar-refractivity contribution in [3.63, 3.8) is 0 Å². The molecular weight excluding hydrogens is 873 g/mol. The molecule has 0 aliphatic carbocycles. The van der Waals surface area contributed by atoms with Crippen LogP contribution >= 0.6 is 0 Å². The summed E-state index contributed by atoms with van der Waals surface area (Å²) in [5, 5.41) is 11.9. The van der Waals surface area contributed by atoms with Crippen LogP contribution in [0.1, 0.15) is 91.2 Å². The number of carboxylic acid groups (broad SMARTS) is 1. The molecule has 6 aliphatic rings. The lowest BCUT2D eigenvalue weighted by atomic mass is 10.0. The van der Waals surface area contributed by atoms with Crippen LogP contribution in [0.3, 0.4) is 0 Å². The highest BCUT2D eigenvalue weighted by molar-refractivity contribution is 5.88. The minimum atomic E-state index is -0.943. The maximum atomic E-state index is 12.9. The van der Waals surface area contributed by atoms with Crippen LogP contribution in [0.25, 0.3) is 0 Å². The van der Waals surface area contributed by atoms with Gasteiger partial charge in [0.25, 0.3) is 5.91 Å². The second-order valence-corrected chi connectivity index (χ2v) is 19.3. The normalized spacial score (nSPS) is 24.5. The third-order valence-electron chi connectivity index (χ3n) is 11.8. The van der Waals surface area contributed by atoms with E-state index in [9.17, 15) is 28.8 Å². The number of carboxylic acids is 1. The number of hydrogen-bond acceptors (Lipinski definition) is 13. The van der Waals surface area contributed by atoms with Gasteiger partial charge >= 0.3 is 30.2 Å². The molecular formula is C46H66N8O13. The van der Waals surface area contributed by atoms with Gasteiger partial charge in [-0.15, -0.1) is 0 Å². The summed E-state index contributed by atoms with van der Waals surface area (Å²) in [6, 6.07) is 17.2. The molecule has 368 valence electrons. The molecule has 2 aromatic rings. The second-order valence-electron chi connectivity index (χ2n) is 19.3. The fraction of sp³-hybridized carbons (Fsp3) is 0.609. The summed E-state index contributed by atoms with van der Waals surface area (Å²) in [4.78, 5) is 100. The summed E-state index contributed by atoms with van der Waals surface area (Å²) in [5.74, 6) is 3.74. The number of rotatable bonds is 11. The van der Waals surface area contributed by atoms with Crippen molar-refractivity contribution in [3.05, 3.63) is 71.8 Å². The molecule has 6 heterocycles. The predicted molar refractivity (Wildman–Crippen MR) is 239 cm³/mol. The SMILES string of the molecule is CC(C)(C)OC(=O)N1CCC(ONC(=O)[C@@H]2CC[C@@H]3CN2C(=O)N3OCc2ccccc2)C1.CC(C)(C)OC(=O)N1CC[C@@H](ON)C1.O=C(O)[C@@H]1CC[C@@H]2CN1C(=O)N2OCc1ccccc1. The first-order valence-electron chi connectivity index (χ1n) is 22.8. The van der Waals surface area contributed by atoms with Crippen molar-refractivity contribution in [2.75, 3.05) is 39.3 Å². The Labute approximate surface area is 391 Å². The monoisotopic (exact) mass is 938 g/mol. The summed E-state index contributed by atoms with van der Waals surface area (Å²) in [7, 11) is 0. The van der Waals surface area contributed by atoms with E-state index in [1.165, 1.54) is 15.0 Å². The lowest BCUT2D eigenvalue weighted by molar-refractivity contribution is -0.144. The number of piperidine rings is 2. The molecule has 4 N–H and O–H groups in total. The largest absolute Gasteiger partial charge is 0.480 e. The van der Waals surface area contributed by atoms with Gasteiger partial charge in [-0.1, -0.05) is 60.7 Å². The van der Waals surface area contributed by atoms with E-state index in [4.69, 9.17) is 35.0 Å². The van der Waals surface area contributed by atoms with Gasteiger partial charge in [-0.3, -0.25) is 24.1 Å². The van der Waals surface area contributed by atoms with Crippen molar-refractivity contribution in [1.29, 1.82) is 0 Å². The number of carbonyl (C=O) groups excluding carboxylic acids is 5. The Kier molecular flexibility index (Phi) is 16.9. The van der Waals surface area contributed by atoms with Crippen LogP contribution in [0.5, 0.6) is 0 Å². The van der Waals surface area contributed by atoms with E-state index in [0.717, 1.165) is 17.5 Å². The van der Waals surface area contributed by atoms with Crippen molar-refractivity contribution in [2.24, 2.45) is 5.90 Å². The number of fused-ring (bicyclic) bond motifs is 4. The smallest absolute Gasteiger partial charge is 0.410 e. The highest BCUT2D eigenvalue weighted by Gasteiger charge is 2.49. The quantitative estimate of drug-likeness (QED) is 0.257. The van der Waals surface area contributed by atoms with Crippen molar-refractivity contribution in [2.45, 2.75) is 141 Å². The van der Waals surface area contributed by atoms with Crippen molar-refractivity contribution < 1.29 is 62.7 Å². The highest BCUT2D eigenvalue weighted by atomic mass is 16.7. The Balaban J connectivity index is 0.000000184. The number of ether oxygens (including phenoxy) is 2. The molecule has 6 fully saturated rings. The zero-order chi connectivity index (χ0) is 48.5. The number of nitrogens with two attached hydrogens (primary N) is 1. The summed E-state index contributed by atoms with van der Waals surface area (Å²) in [6.45, 7) is 14.5. The van der Waals surface area contributed by atoms with Gasteiger partial charge in [-0.05, 0) is 91.2 Å². The standard InChI is InChI=1S/C23H32N4O6.C14H16N2O4.C9H18N2O3/c1-23(2,3)32-22(30)25-12-11-18(14-25)33-24-20(28)19-10-9-17-13-26(19)21(29)27(17)31-15-16-7-5-4-6-8-16;17-13(18)12-7-6-11-8-15(12)14(19)16(11)20-9-10-4-2-1-3-5-10;1-9(2,3)13-8(12)11-5-4-7(6-11)14-10/h4-8,17-19H,9-15H2,1-3H3,(H,24,28);1-5,11-12H,6-9H2,(H,17,18);7H,4-6,10H2,1-3H3/t17-,18?,19+;11-,12+;7-/m111/s1. The number of amides is 7. The molecule has 8 rings (SSSR count). The van der Waals surface area contributed by atoms with E-state index in [1.807, 2.05) is 102 Å². The van der Waals surface area contributed by atoms with Gasteiger partial charge in [0.15, 0.2) is 0 Å². The van der Waals surface area contributed by atoms with Gasteiger partial charge in [-0.2, -0.15) is 10.1 Å². The number of benzene rings is 2. The van der Waals surface area contributed by atoms with Crippen LogP contribution in [0.15, 0.2) is 60.7 Å². The summed E-state index contributed by atoms with van der Waals surface area (Å²) in [5.41, 5.74) is 3.45. The highest BCUT2D eigenvalue weighted by Crippen LogP contribution is 2.32. The number of nitrogens with zero attached hydrogens (tertiary/aromatic N) is 6. The van der Waals surface area contributed by atoms with E-state index in [2.05, 4.69) is 10.3 Å². The van der Waals surface area contributed by atoms with Crippen LogP contribution in [-0.4, -0.2) is 158 Å². The number of hydrogen-bond donors (Lipinski definition) is 3. The number of hydroxylamine groups is 5. The molecule has 6 atom stereocenters. The Morgan fingerprint density at radius 2 is 1.06 bits per heavy atom. The summed E-state index contributed by atoms with van der Waals surface area (Å²) in [6.07, 6.45) is 2.65. The van der Waals surface area contributed by atoms with E-state index in [0.29, 0.717) is 84.6 Å². The van der Waals surface area contributed by atoms with Gasteiger partial charge in [0.05, 0.1) is 31.3 Å². The topological polar surface area (TPSA) is 236 Å². The van der Waals surface area contributed by atoms with Crippen LogP contribution in [-0.2, 0) is 51.6 Å². The zero-order valence-electron chi connectivity index (χ0n) is 39.2. The molecule has 2 aromatic carbocycles. The molecule has 6 saturated heterocycles. The van der Waals surface area contributed by atoms with Gasteiger partial charge in [0.1, 0.15) is 42.6 Å². The Hall–Kier alpha value is -5.74. The first kappa shape index (κ1) is 50.7. The predicted octanol–water partition coefficient (Wildman–Crippen LogP) is 4.80. The summed E-state index contributed by atoms with van der Waals surface area (Å²) < 4.78 is 10.6. The van der Waals surface area contributed by atoms with E-state index < -0.39 is 35.3 Å². The van der Waals surface area contributed by atoms with Gasteiger partial charge in [0, 0.05) is 26.2 Å². The van der Waals surface area contributed by atoms with E-state index >= 15 is 0 Å². The first-order valence-corrected chi connectivity index (χ1v) is 22.8. The number of nitrogens with one attached hydrogen (secondary N) is 1. The molecule has 6 aliphatic heterocycles. The van der Waals surface area contributed by atoms with Crippen molar-refractivity contribution >= 4 is 36.1 Å². The minimum Gasteiger partial charge on any atom is -0.480 e. The van der Waals surface area contributed by atoms with Crippen LogP contribution in [0, 0.1) is 0 Å². The van der Waals surface area contributed by atoms with Gasteiger partial charge in [0.2, 0.25) is 0 Å². The van der Waals surface area contributed by atoms with Crippen molar-refractivity contribution in [3.8, 4) is 0 Å². The molecule has 21 nitrogen and oxygen atoms in total. The Morgan fingerprint density at radius 3 is 1.49 bits per heavy atom. The van der Waals surface area contributed by atoms with E-state index in [1.54, 1.807) is 14.7 Å². The third kappa shape index (κ3) is 13.9. The molecule has 7 amide bonds. The molecule has 67 heavy (non-hydrogen) atoms. The fourth-order valence-corrected chi connectivity index (χ4v) is 8.42. The third-order valence-corrected chi connectivity index (χ3v) is 11.8. The van der Waals surface area contributed by atoms with Gasteiger partial charge < -0.3 is 34.2 Å². The lowest BCUT2D eigenvalue weighted by Gasteiger charge is -2.29. The molecule has 0 radical (unpaired) electrons. The van der Waals surface area contributed by atoms with Crippen LogP contribution in [0.4, 0.5) is 19.2 Å². The average Bonchev–Trinajstić information content (AvgIpc) is 4.07. The number of aliphatic carboxylic acids is 1. The zero-order valence-corrected chi connectivity index (χ0v) is 39.2. The van der Waals surface area contributed by atoms with Crippen LogP contribution < -0.4 is 11.4 Å². The van der Waals surface area contributed by atoms with Gasteiger partial charge in [-0.25, -0.2) is 35.3 Å². The first-order chi connectivity index (χ1) is 31.8. The van der Waals surface area contributed by atoms with Crippen molar-refractivity contribution in [1.82, 2.24) is 35.2 Å². The maximum absolute atomic E-state index is 12.9. The minimum absolute atomic E-state index is 0.0400. The molecule has 0 aromatic heterocycles. The lowest BCUT2D eigenvalue weighted by Crippen LogP contribution is -2.50. The molecule has 4 bridgehead atoms. The summed E-state index contributed by atoms with van der Waals surface area (Å²) >= 11 is 0. The molecule has 0 spiro atoms. The Morgan fingerprint density at radius 1 is 0.627 bits per heavy atom. The van der Waals surface area contributed by atoms with E-state index in [-0.39, 0.29) is 48.4 Å². The molecule has 21 heteroatoms. The number of carbonyl (C=O) groups is 6. The second kappa shape index (κ2) is 22.4. The average molecular weight is 939 g/mol. The molecule has 0 saturated carbocycles. The molecule has 1 unspecified atom stereocenters. The van der Waals surface area contributed by atoms with Crippen LogP contribution in [0.2, 0.25) is 0 Å². The maximum Gasteiger partial charge on any atom is 0.410 e. The Bertz CT molecular complexity index is 2020. The number of urea groups is 2. The fourth-order valence-electron chi connectivity index (χ4n) is 8.42. The number of likely N-dealkylation sites (tertiary alicyclic amines) is 2.